The van der Waals surface area contributed by atoms with Crippen LogP contribution in [0.15, 0.2) is 23.4 Å². The van der Waals surface area contributed by atoms with E-state index >= 15 is 0 Å². The van der Waals surface area contributed by atoms with E-state index in [2.05, 4.69) is 10.1 Å². The van der Waals surface area contributed by atoms with Crippen molar-refractivity contribution in [3.8, 4) is 5.75 Å². The smallest absolute Gasteiger partial charge is 0.122 e. The fourth-order valence-electron chi connectivity index (χ4n) is 1.43. The molecule has 0 aliphatic carbocycles. The molecule has 94 valence electrons. The van der Waals surface area contributed by atoms with Crippen LogP contribution >= 0.6 is 0 Å². The largest absolute Gasteiger partial charge is 0.492 e. The third-order valence-corrected chi connectivity index (χ3v) is 2.54. The molecule has 0 bridgehead atoms. The van der Waals surface area contributed by atoms with Gasteiger partial charge in [0.2, 0.25) is 0 Å². The number of rotatable bonds is 5. The molecule has 0 saturated carbocycles. The molecule has 0 unspecified atom stereocenters. The summed E-state index contributed by atoms with van der Waals surface area (Å²) >= 11 is 0. The van der Waals surface area contributed by atoms with Gasteiger partial charge in [-0.05, 0) is 57.3 Å². The maximum atomic E-state index is 8.70. The molecule has 1 aromatic rings. The first-order valence-electron chi connectivity index (χ1n) is 5.62. The average Bonchev–Trinajstić information content (AvgIpc) is 2.29. The van der Waals surface area contributed by atoms with Gasteiger partial charge in [-0.2, -0.15) is 0 Å². The van der Waals surface area contributed by atoms with Crippen LogP contribution in [0.25, 0.3) is 0 Å². The predicted octanol–water partition coefficient (Wildman–Crippen LogP) is 2.13. The second-order valence-corrected chi connectivity index (χ2v) is 4.32. The number of likely N-dealkylation sites (N-methyl/N-ethyl adjacent to an activating group) is 1. The monoisotopic (exact) mass is 236 g/mol. The lowest BCUT2D eigenvalue weighted by Gasteiger charge is -2.13. The van der Waals surface area contributed by atoms with E-state index in [0.29, 0.717) is 12.3 Å². The molecule has 1 rings (SSSR count). The third kappa shape index (κ3) is 4.07. The Morgan fingerprint density at radius 3 is 2.65 bits per heavy atom. The Kier molecular flexibility index (Phi) is 4.97. The second-order valence-electron chi connectivity index (χ2n) is 4.32. The van der Waals surface area contributed by atoms with Gasteiger partial charge in [0.15, 0.2) is 0 Å². The summed E-state index contributed by atoms with van der Waals surface area (Å²) < 4.78 is 5.67. The number of hydrogen-bond acceptors (Lipinski definition) is 4. The SMILES string of the molecule is C/C(=N\O)c1ccc(OCCN(C)C)c(C)c1. The number of oxime groups is 1. The van der Waals surface area contributed by atoms with E-state index in [1.807, 2.05) is 39.2 Å². The average molecular weight is 236 g/mol. The molecule has 0 fully saturated rings. The van der Waals surface area contributed by atoms with Gasteiger partial charge in [0, 0.05) is 6.54 Å². The summed E-state index contributed by atoms with van der Waals surface area (Å²) in [5, 5.41) is 11.9. The molecular formula is C13H20N2O2. The van der Waals surface area contributed by atoms with Crippen LogP contribution in [0, 0.1) is 6.92 Å². The van der Waals surface area contributed by atoms with Crippen molar-refractivity contribution >= 4 is 5.71 Å². The van der Waals surface area contributed by atoms with Crippen molar-refractivity contribution in [2.24, 2.45) is 5.16 Å². The Morgan fingerprint density at radius 1 is 1.41 bits per heavy atom. The lowest BCUT2D eigenvalue weighted by atomic mass is 10.1. The Hall–Kier alpha value is -1.55. The molecule has 0 aromatic heterocycles. The van der Waals surface area contributed by atoms with Crippen LogP contribution < -0.4 is 4.74 Å². The summed E-state index contributed by atoms with van der Waals surface area (Å²) in [7, 11) is 4.03. The molecule has 4 nitrogen and oxygen atoms in total. The minimum Gasteiger partial charge on any atom is -0.492 e. The van der Waals surface area contributed by atoms with Gasteiger partial charge in [-0.15, -0.1) is 0 Å². The summed E-state index contributed by atoms with van der Waals surface area (Å²) in [5.74, 6) is 0.876. The van der Waals surface area contributed by atoms with Crippen LogP contribution in [0.2, 0.25) is 0 Å². The van der Waals surface area contributed by atoms with Gasteiger partial charge in [-0.1, -0.05) is 5.16 Å². The molecule has 0 aliphatic rings. The van der Waals surface area contributed by atoms with Gasteiger partial charge in [0.25, 0.3) is 0 Å². The van der Waals surface area contributed by atoms with Crippen molar-refractivity contribution in [1.29, 1.82) is 0 Å². The molecule has 0 spiro atoms. The number of aryl methyl sites for hydroxylation is 1. The standard InChI is InChI=1S/C13H20N2O2/c1-10-9-12(11(2)14-16)5-6-13(10)17-8-7-15(3)4/h5-6,9,16H,7-8H2,1-4H3/b14-11+. The highest BCUT2D eigenvalue weighted by Gasteiger charge is 2.04. The molecule has 4 heteroatoms. The zero-order chi connectivity index (χ0) is 12.8. The van der Waals surface area contributed by atoms with Crippen LogP contribution in [0.3, 0.4) is 0 Å². The first-order chi connectivity index (χ1) is 8.04. The number of benzene rings is 1. The van der Waals surface area contributed by atoms with E-state index in [1.165, 1.54) is 0 Å². The highest BCUT2D eigenvalue weighted by molar-refractivity contribution is 5.98. The van der Waals surface area contributed by atoms with Crippen molar-refractivity contribution in [1.82, 2.24) is 4.90 Å². The van der Waals surface area contributed by atoms with Crippen molar-refractivity contribution < 1.29 is 9.94 Å². The summed E-state index contributed by atoms with van der Waals surface area (Å²) in [6, 6.07) is 5.77. The molecule has 0 aliphatic heterocycles. The van der Waals surface area contributed by atoms with E-state index < -0.39 is 0 Å². The topological polar surface area (TPSA) is 45.1 Å². The second kappa shape index (κ2) is 6.25. The summed E-state index contributed by atoms with van der Waals surface area (Å²) in [6.45, 7) is 5.30. The van der Waals surface area contributed by atoms with Crippen LogP contribution in [-0.2, 0) is 0 Å². The normalized spacial score (nSPS) is 11.9. The predicted molar refractivity (Wildman–Crippen MR) is 69.2 cm³/mol. The summed E-state index contributed by atoms with van der Waals surface area (Å²) in [6.07, 6.45) is 0. The minimum absolute atomic E-state index is 0.605. The van der Waals surface area contributed by atoms with Gasteiger partial charge >= 0.3 is 0 Å². The van der Waals surface area contributed by atoms with Gasteiger partial charge < -0.3 is 14.8 Å². The molecule has 1 N–H and O–H groups in total. The fourth-order valence-corrected chi connectivity index (χ4v) is 1.43. The molecule has 1 aromatic carbocycles. The van der Waals surface area contributed by atoms with Crippen LogP contribution in [0.5, 0.6) is 5.75 Å². The van der Waals surface area contributed by atoms with Crippen molar-refractivity contribution in [3.63, 3.8) is 0 Å². The third-order valence-electron chi connectivity index (χ3n) is 2.54. The van der Waals surface area contributed by atoms with Gasteiger partial charge in [-0.25, -0.2) is 0 Å². The van der Waals surface area contributed by atoms with Crippen LogP contribution in [-0.4, -0.2) is 43.1 Å². The zero-order valence-corrected chi connectivity index (χ0v) is 10.9. The maximum absolute atomic E-state index is 8.70. The summed E-state index contributed by atoms with van der Waals surface area (Å²) in [4.78, 5) is 2.08. The molecule has 0 radical (unpaired) electrons. The van der Waals surface area contributed by atoms with Gasteiger partial charge in [-0.3, -0.25) is 0 Å². The highest BCUT2D eigenvalue weighted by Crippen LogP contribution is 2.19. The zero-order valence-electron chi connectivity index (χ0n) is 10.9. The van der Waals surface area contributed by atoms with Gasteiger partial charge in [0.05, 0.1) is 5.71 Å². The Morgan fingerprint density at radius 2 is 2.12 bits per heavy atom. The van der Waals surface area contributed by atoms with E-state index in [-0.39, 0.29) is 0 Å². The maximum Gasteiger partial charge on any atom is 0.122 e. The quantitative estimate of drug-likeness (QED) is 0.484. The molecule has 17 heavy (non-hydrogen) atoms. The Labute approximate surface area is 103 Å². The Balaban J connectivity index is 2.70. The number of ether oxygens (including phenoxy) is 1. The first-order valence-corrected chi connectivity index (χ1v) is 5.62. The lowest BCUT2D eigenvalue weighted by molar-refractivity contribution is 0.260. The highest BCUT2D eigenvalue weighted by atomic mass is 16.5. The molecule has 0 saturated heterocycles. The molecular weight excluding hydrogens is 216 g/mol. The van der Waals surface area contributed by atoms with E-state index in [9.17, 15) is 0 Å². The Bertz CT molecular complexity index is 400. The number of hydrogen-bond donors (Lipinski definition) is 1. The molecule has 0 amide bonds. The van der Waals surface area contributed by atoms with E-state index in [1.54, 1.807) is 6.92 Å². The molecule has 0 atom stereocenters. The van der Waals surface area contributed by atoms with Crippen LogP contribution in [0.4, 0.5) is 0 Å². The van der Waals surface area contributed by atoms with E-state index in [0.717, 1.165) is 23.4 Å². The lowest BCUT2D eigenvalue weighted by Crippen LogP contribution is -2.19. The van der Waals surface area contributed by atoms with Crippen molar-refractivity contribution in [2.75, 3.05) is 27.2 Å². The number of nitrogens with zero attached hydrogens (tertiary/aromatic N) is 2. The fraction of sp³-hybridized carbons (Fsp3) is 0.462. The van der Waals surface area contributed by atoms with Crippen LogP contribution in [0.1, 0.15) is 18.1 Å². The first kappa shape index (κ1) is 13.5. The minimum atomic E-state index is 0.605. The van der Waals surface area contributed by atoms with Crippen molar-refractivity contribution in [2.45, 2.75) is 13.8 Å². The van der Waals surface area contributed by atoms with Gasteiger partial charge in [0.1, 0.15) is 12.4 Å². The van der Waals surface area contributed by atoms with E-state index in [4.69, 9.17) is 9.94 Å². The summed E-state index contributed by atoms with van der Waals surface area (Å²) in [5.41, 5.74) is 2.56. The van der Waals surface area contributed by atoms with Crippen molar-refractivity contribution in [3.05, 3.63) is 29.3 Å². The molecule has 0 heterocycles.